The fraction of sp³-hybridized carbons (Fsp3) is 0.111. The number of aromatic nitrogens is 2. The van der Waals surface area contributed by atoms with Crippen molar-refractivity contribution in [2.45, 2.75) is 6.18 Å². The fourth-order valence-electron chi connectivity index (χ4n) is 1.37. The van der Waals surface area contributed by atoms with Crippen LogP contribution in [-0.4, -0.2) is 9.66 Å². The summed E-state index contributed by atoms with van der Waals surface area (Å²) in [4.78, 5) is 3.35. The van der Waals surface area contributed by atoms with E-state index in [1.54, 1.807) is 0 Å². The van der Waals surface area contributed by atoms with Crippen molar-refractivity contribution in [1.29, 1.82) is 5.26 Å². The molecule has 0 amide bonds. The van der Waals surface area contributed by atoms with Crippen molar-refractivity contribution in [2.24, 2.45) is 0 Å². The summed E-state index contributed by atoms with van der Waals surface area (Å²) in [5, 5.41) is 8.59. The van der Waals surface area contributed by atoms with Crippen LogP contribution in [0.5, 0.6) is 0 Å². The molecule has 16 heavy (non-hydrogen) atoms. The van der Waals surface area contributed by atoms with Gasteiger partial charge in [-0.05, 0) is 18.2 Å². The molecule has 0 saturated carbocycles. The number of hydrogen-bond acceptors (Lipinski definition) is 3. The summed E-state index contributed by atoms with van der Waals surface area (Å²) >= 11 is 0. The average Bonchev–Trinajstić information content (AvgIpc) is 2.55. The number of nitrogens with zero attached hydrogens (tertiary/aromatic N) is 3. The summed E-state index contributed by atoms with van der Waals surface area (Å²) < 4.78 is 37.8. The second kappa shape index (κ2) is 3.13. The highest BCUT2D eigenvalue weighted by atomic mass is 19.4. The van der Waals surface area contributed by atoms with Gasteiger partial charge in [-0.15, -0.1) is 0 Å². The Bertz CT molecular complexity index is 591. The van der Waals surface area contributed by atoms with E-state index in [9.17, 15) is 13.2 Å². The lowest BCUT2D eigenvalue weighted by Crippen LogP contribution is -2.20. The highest BCUT2D eigenvalue weighted by Crippen LogP contribution is 2.30. The topological polar surface area (TPSA) is 67.6 Å². The molecule has 2 rings (SSSR count). The van der Waals surface area contributed by atoms with Crippen LogP contribution in [0.4, 0.5) is 13.2 Å². The molecule has 1 heterocycles. The van der Waals surface area contributed by atoms with Crippen LogP contribution in [0.15, 0.2) is 18.2 Å². The number of nitriles is 1. The Kier molecular flexibility index (Phi) is 2.01. The molecule has 0 bridgehead atoms. The van der Waals surface area contributed by atoms with E-state index in [0.29, 0.717) is 4.68 Å². The van der Waals surface area contributed by atoms with Crippen LogP contribution in [-0.2, 0) is 6.18 Å². The van der Waals surface area contributed by atoms with Crippen molar-refractivity contribution in [2.75, 3.05) is 5.84 Å². The number of nitrogens with two attached hydrogens (primary N) is 1. The van der Waals surface area contributed by atoms with Gasteiger partial charge in [0.15, 0.2) is 0 Å². The van der Waals surface area contributed by atoms with Crippen LogP contribution in [0.3, 0.4) is 0 Å². The summed E-state index contributed by atoms with van der Waals surface area (Å²) in [5.74, 6) is 4.09. The number of imidazole rings is 1. The molecule has 1 aromatic heterocycles. The highest BCUT2D eigenvalue weighted by molar-refractivity contribution is 5.77. The van der Waals surface area contributed by atoms with Crippen molar-refractivity contribution in [3.63, 3.8) is 0 Å². The molecule has 0 atom stereocenters. The van der Waals surface area contributed by atoms with Crippen LogP contribution in [0.2, 0.25) is 0 Å². The summed E-state index contributed by atoms with van der Waals surface area (Å²) in [6.07, 6.45) is -4.61. The second-order valence-corrected chi connectivity index (χ2v) is 3.12. The van der Waals surface area contributed by atoms with Gasteiger partial charge in [0, 0.05) is 0 Å². The van der Waals surface area contributed by atoms with E-state index in [1.807, 2.05) is 6.07 Å². The molecule has 0 aliphatic rings. The minimum Gasteiger partial charge on any atom is -0.337 e. The van der Waals surface area contributed by atoms with Gasteiger partial charge in [0.25, 0.3) is 0 Å². The van der Waals surface area contributed by atoms with Crippen LogP contribution >= 0.6 is 0 Å². The molecule has 0 saturated heterocycles. The van der Waals surface area contributed by atoms with E-state index in [2.05, 4.69) is 4.98 Å². The third-order valence-electron chi connectivity index (χ3n) is 2.07. The molecular formula is C9H5F3N4. The number of fused-ring (bicyclic) bond motifs is 1. The second-order valence-electron chi connectivity index (χ2n) is 3.12. The largest absolute Gasteiger partial charge is 0.451 e. The molecule has 82 valence electrons. The van der Waals surface area contributed by atoms with Gasteiger partial charge in [0.1, 0.15) is 0 Å². The number of rotatable bonds is 0. The monoisotopic (exact) mass is 226 g/mol. The van der Waals surface area contributed by atoms with Gasteiger partial charge < -0.3 is 5.84 Å². The molecule has 0 spiro atoms. The lowest BCUT2D eigenvalue weighted by atomic mass is 10.2. The van der Waals surface area contributed by atoms with Gasteiger partial charge in [-0.25, -0.2) is 9.66 Å². The van der Waals surface area contributed by atoms with Crippen LogP contribution in [0.1, 0.15) is 11.4 Å². The van der Waals surface area contributed by atoms with Crippen LogP contribution in [0.25, 0.3) is 11.0 Å². The smallest absolute Gasteiger partial charge is 0.337 e. The molecule has 1 aromatic carbocycles. The molecule has 0 aliphatic carbocycles. The number of nitrogen functional groups attached to an aromatic ring is 1. The van der Waals surface area contributed by atoms with Crippen molar-refractivity contribution in [3.8, 4) is 6.07 Å². The summed E-state index contributed by atoms with van der Waals surface area (Å²) in [6.45, 7) is 0. The predicted octanol–water partition coefficient (Wildman–Crippen LogP) is 1.64. The molecule has 7 heteroatoms. The first-order valence-electron chi connectivity index (χ1n) is 4.18. The minimum absolute atomic E-state index is 0.0499. The first-order valence-corrected chi connectivity index (χ1v) is 4.18. The van der Waals surface area contributed by atoms with Gasteiger partial charge in [0.05, 0.1) is 22.7 Å². The van der Waals surface area contributed by atoms with Crippen molar-refractivity contribution in [1.82, 2.24) is 9.66 Å². The lowest BCUT2D eigenvalue weighted by Gasteiger charge is -2.04. The maximum absolute atomic E-state index is 12.4. The molecular weight excluding hydrogens is 221 g/mol. The normalized spacial score (nSPS) is 11.6. The standard InChI is InChI=1S/C9H5F3N4/c10-9(11,12)8-15-6-3-5(4-13)1-2-7(6)16(8)14/h1-3H,14H2. The van der Waals surface area contributed by atoms with Gasteiger partial charge >= 0.3 is 6.18 Å². The van der Waals surface area contributed by atoms with Crippen molar-refractivity contribution >= 4 is 11.0 Å². The number of hydrogen-bond donors (Lipinski definition) is 1. The van der Waals surface area contributed by atoms with E-state index in [-0.39, 0.29) is 16.6 Å². The summed E-state index contributed by atoms with van der Waals surface area (Å²) in [6, 6.07) is 5.79. The Balaban J connectivity index is 2.74. The van der Waals surface area contributed by atoms with Crippen molar-refractivity contribution in [3.05, 3.63) is 29.6 Å². The molecule has 0 aliphatic heterocycles. The van der Waals surface area contributed by atoms with Crippen LogP contribution in [0, 0.1) is 11.3 Å². The minimum atomic E-state index is -4.61. The van der Waals surface area contributed by atoms with E-state index in [0.717, 1.165) is 0 Å². The Hall–Kier alpha value is -2.23. The van der Waals surface area contributed by atoms with E-state index in [1.165, 1.54) is 18.2 Å². The third kappa shape index (κ3) is 1.44. The zero-order valence-corrected chi connectivity index (χ0v) is 7.78. The Morgan fingerprint density at radius 2 is 2.06 bits per heavy atom. The Morgan fingerprint density at radius 1 is 1.38 bits per heavy atom. The van der Waals surface area contributed by atoms with Gasteiger partial charge in [-0.1, -0.05) is 0 Å². The predicted molar refractivity (Wildman–Crippen MR) is 49.6 cm³/mol. The van der Waals surface area contributed by atoms with Crippen LogP contribution < -0.4 is 5.84 Å². The first kappa shape index (κ1) is 10.3. The maximum atomic E-state index is 12.4. The van der Waals surface area contributed by atoms with E-state index in [4.69, 9.17) is 11.1 Å². The number of alkyl halides is 3. The average molecular weight is 226 g/mol. The molecule has 2 aromatic rings. The zero-order chi connectivity index (χ0) is 11.9. The molecule has 2 N–H and O–H groups in total. The van der Waals surface area contributed by atoms with Gasteiger partial charge in [0.2, 0.25) is 5.82 Å². The zero-order valence-electron chi connectivity index (χ0n) is 7.78. The molecule has 0 radical (unpaired) electrons. The van der Waals surface area contributed by atoms with Gasteiger partial charge in [-0.2, -0.15) is 18.4 Å². The molecule has 0 fully saturated rings. The molecule has 0 unspecified atom stereocenters. The van der Waals surface area contributed by atoms with E-state index >= 15 is 0 Å². The van der Waals surface area contributed by atoms with E-state index < -0.39 is 12.0 Å². The Morgan fingerprint density at radius 3 is 2.62 bits per heavy atom. The number of benzene rings is 1. The third-order valence-corrected chi connectivity index (χ3v) is 2.07. The maximum Gasteiger partial charge on any atom is 0.451 e. The molecule has 4 nitrogen and oxygen atoms in total. The van der Waals surface area contributed by atoms with Gasteiger partial charge in [-0.3, -0.25) is 0 Å². The lowest BCUT2D eigenvalue weighted by molar-refractivity contribution is -0.146. The SMILES string of the molecule is N#Cc1ccc2c(c1)nc(C(F)(F)F)n2N. The van der Waals surface area contributed by atoms with Crippen molar-refractivity contribution < 1.29 is 13.2 Å². The fourth-order valence-corrected chi connectivity index (χ4v) is 1.37. The summed E-state index contributed by atoms with van der Waals surface area (Å²) in [7, 11) is 0. The Labute approximate surface area is 87.7 Å². The summed E-state index contributed by atoms with van der Waals surface area (Å²) in [5.41, 5.74) is 0.416. The quantitative estimate of drug-likeness (QED) is 0.694. The first-order chi connectivity index (χ1) is 7.43. The number of halogens is 3. The highest BCUT2D eigenvalue weighted by Gasteiger charge is 2.37.